The molecule has 6 heteroatoms. The molecule has 0 saturated carbocycles. The van der Waals surface area contributed by atoms with Gasteiger partial charge in [-0.25, -0.2) is 4.79 Å². The summed E-state index contributed by atoms with van der Waals surface area (Å²) < 4.78 is 10.1. The van der Waals surface area contributed by atoms with Gasteiger partial charge in [0.05, 0.1) is 14.2 Å². The van der Waals surface area contributed by atoms with E-state index in [1.165, 1.54) is 13.2 Å². The van der Waals surface area contributed by atoms with Gasteiger partial charge in [0.2, 0.25) is 0 Å². The Bertz CT molecular complexity index is 958. The Labute approximate surface area is 144 Å². The summed E-state index contributed by atoms with van der Waals surface area (Å²) in [6.07, 6.45) is 6.13. The van der Waals surface area contributed by atoms with Gasteiger partial charge >= 0.3 is 5.97 Å². The molecule has 0 spiro atoms. The minimum absolute atomic E-state index is 0.185. The lowest BCUT2D eigenvalue weighted by Gasteiger charge is -2.00. The highest BCUT2D eigenvalue weighted by atomic mass is 16.5. The van der Waals surface area contributed by atoms with Gasteiger partial charge in [-0.05, 0) is 42.5 Å². The number of carbonyl (C=O) groups is 2. The molecule has 2 aromatic heterocycles. The van der Waals surface area contributed by atoms with Crippen LogP contribution >= 0.6 is 0 Å². The first-order valence-corrected chi connectivity index (χ1v) is 7.54. The number of ether oxygens (including phenoxy) is 2. The number of aromatic nitrogens is 2. The van der Waals surface area contributed by atoms with E-state index in [4.69, 9.17) is 9.47 Å². The molecular formula is C19H16N2O4. The molecule has 1 N–H and O–H groups in total. The van der Waals surface area contributed by atoms with Crippen molar-refractivity contribution in [1.29, 1.82) is 0 Å². The monoisotopic (exact) mass is 336 g/mol. The molecular weight excluding hydrogens is 320 g/mol. The van der Waals surface area contributed by atoms with Crippen molar-refractivity contribution in [3.63, 3.8) is 0 Å². The number of H-pyrrole nitrogens is 1. The average Bonchev–Trinajstić information content (AvgIpc) is 3.03. The number of rotatable bonds is 5. The van der Waals surface area contributed by atoms with Crippen molar-refractivity contribution in [2.75, 3.05) is 14.2 Å². The van der Waals surface area contributed by atoms with Crippen LogP contribution in [0.5, 0.6) is 5.75 Å². The quantitative estimate of drug-likeness (QED) is 0.439. The SMILES string of the molecule is COC(=O)c1[nH]c2ccc(OC)cc2c1/C=C/C(=O)c1ccncc1. The molecule has 1 aromatic carbocycles. The van der Waals surface area contributed by atoms with E-state index in [2.05, 4.69) is 9.97 Å². The Morgan fingerprint density at radius 1 is 1.12 bits per heavy atom. The van der Waals surface area contributed by atoms with Gasteiger partial charge in [-0.2, -0.15) is 0 Å². The van der Waals surface area contributed by atoms with Gasteiger partial charge in [0.15, 0.2) is 5.78 Å². The standard InChI is InChI=1S/C19H16N2O4/c1-24-13-3-5-16-15(11-13)14(18(21-16)19(23)25-2)4-6-17(22)12-7-9-20-10-8-12/h3-11,21H,1-2H3/b6-4+. The lowest BCUT2D eigenvalue weighted by Crippen LogP contribution is -2.03. The predicted molar refractivity (Wildman–Crippen MR) is 93.8 cm³/mol. The van der Waals surface area contributed by atoms with Crippen LogP contribution in [0.3, 0.4) is 0 Å². The number of benzene rings is 1. The van der Waals surface area contributed by atoms with E-state index in [0.717, 1.165) is 10.9 Å². The molecule has 0 aliphatic rings. The summed E-state index contributed by atoms with van der Waals surface area (Å²) in [7, 11) is 2.88. The zero-order valence-electron chi connectivity index (χ0n) is 13.8. The van der Waals surface area contributed by atoms with E-state index < -0.39 is 5.97 Å². The van der Waals surface area contributed by atoms with Gasteiger partial charge in [-0.3, -0.25) is 9.78 Å². The summed E-state index contributed by atoms with van der Waals surface area (Å²) >= 11 is 0. The Morgan fingerprint density at radius 3 is 2.56 bits per heavy atom. The van der Waals surface area contributed by atoms with Crippen LogP contribution in [0.4, 0.5) is 0 Å². The molecule has 3 rings (SSSR count). The molecule has 0 aliphatic heterocycles. The Hall–Kier alpha value is -3.41. The number of methoxy groups -OCH3 is 2. The number of aromatic amines is 1. The Balaban J connectivity index is 2.07. The topological polar surface area (TPSA) is 81.3 Å². The zero-order chi connectivity index (χ0) is 17.8. The molecule has 0 aliphatic carbocycles. The number of fused-ring (bicyclic) bond motifs is 1. The highest BCUT2D eigenvalue weighted by molar-refractivity contribution is 6.09. The molecule has 0 atom stereocenters. The first-order valence-electron chi connectivity index (χ1n) is 7.54. The molecule has 0 saturated heterocycles. The molecule has 3 aromatic rings. The van der Waals surface area contributed by atoms with Gasteiger partial charge < -0.3 is 14.5 Å². The molecule has 0 amide bonds. The predicted octanol–water partition coefficient (Wildman–Crippen LogP) is 3.25. The molecule has 0 radical (unpaired) electrons. The largest absolute Gasteiger partial charge is 0.497 e. The fraction of sp³-hybridized carbons (Fsp3) is 0.105. The summed E-state index contributed by atoms with van der Waals surface area (Å²) in [6.45, 7) is 0. The number of esters is 1. The molecule has 0 unspecified atom stereocenters. The zero-order valence-corrected chi connectivity index (χ0v) is 13.8. The second kappa shape index (κ2) is 7.00. The van der Waals surface area contributed by atoms with Gasteiger partial charge in [0, 0.05) is 34.4 Å². The summed E-state index contributed by atoms with van der Waals surface area (Å²) in [6, 6.07) is 8.66. The van der Waals surface area contributed by atoms with Crippen molar-refractivity contribution < 1.29 is 19.1 Å². The first-order chi connectivity index (χ1) is 12.1. The van der Waals surface area contributed by atoms with E-state index in [0.29, 0.717) is 16.9 Å². The summed E-state index contributed by atoms with van der Waals surface area (Å²) in [5.74, 6) is -0.0420. The third kappa shape index (κ3) is 3.28. The van der Waals surface area contributed by atoms with Crippen molar-refractivity contribution in [3.8, 4) is 5.75 Å². The number of hydrogen-bond acceptors (Lipinski definition) is 5. The van der Waals surface area contributed by atoms with E-state index in [1.54, 1.807) is 49.8 Å². The number of allylic oxidation sites excluding steroid dienone is 1. The Morgan fingerprint density at radius 2 is 1.88 bits per heavy atom. The second-order valence-corrected chi connectivity index (χ2v) is 5.25. The van der Waals surface area contributed by atoms with Gasteiger partial charge in [0.1, 0.15) is 11.4 Å². The van der Waals surface area contributed by atoms with Crippen molar-refractivity contribution in [2.45, 2.75) is 0 Å². The minimum Gasteiger partial charge on any atom is -0.497 e. The fourth-order valence-electron chi connectivity index (χ4n) is 2.53. The van der Waals surface area contributed by atoms with E-state index in [9.17, 15) is 9.59 Å². The normalized spacial score (nSPS) is 11.0. The van der Waals surface area contributed by atoms with Gasteiger partial charge in [-0.1, -0.05) is 0 Å². The lowest BCUT2D eigenvalue weighted by molar-refractivity contribution is 0.0594. The maximum absolute atomic E-state index is 12.3. The molecule has 0 fully saturated rings. The minimum atomic E-state index is -0.508. The highest BCUT2D eigenvalue weighted by Crippen LogP contribution is 2.28. The average molecular weight is 336 g/mol. The number of nitrogens with one attached hydrogen (secondary N) is 1. The molecule has 6 nitrogen and oxygen atoms in total. The van der Waals surface area contributed by atoms with Crippen LogP contribution in [0, 0.1) is 0 Å². The lowest BCUT2D eigenvalue weighted by atomic mass is 10.1. The number of hydrogen-bond donors (Lipinski definition) is 1. The molecule has 25 heavy (non-hydrogen) atoms. The maximum atomic E-state index is 12.3. The Kier molecular flexibility index (Phi) is 4.61. The second-order valence-electron chi connectivity index (χ2n) is 5.25. The molecule has 126 valence electrons. The smallest absolute Gasteiger partial charge is 0.355 e. The first kappa shape index (κ1) is 16.4. The van der Waals surface area contributed by atoms with Crippen LogP contribution in [0.2, 0.25) is 0 Å². The summed E-state index contributed by atoms with van der Waals surface area (Å²) in [5.41, 5.74) is 2.12. The number of ketones is 1. The number of nitrogens with zero attached hydrogens (tertiary/aromatic N) is 1. The number of carbonyl (C=O) groups excluding carboxylic acids is 2. The van der Waals surface area contributed by atoms with Crippen molar-refractivity contribution >= 4 is 28.7 Å². The third-order valence-corrected chi connectivity index (χ3v) is 3.80. The van der Waals surface area contributed by atoms with Crippen LogP contribution in [-0.2, 0) is 4.74 Å². The van der Waals surface area contributed by atoms with Crippen LogP contribution < -0.4 is 4.74 Å². The van der Waals surface area contributed by atoms with Gasteiger partial charge in [0.25, 0.3) is 0 Å². The van der Waals surface area contributed by atoms with Gasteiger partial charge in [-0.15, -0.1) is 0 Å². The maximum Gasteiger partial charge on any atom is 0.355 e. The van der Waals surface area contributed by atoms with Crippen LogP contribution in [-0.4, -0.2) is 35.9 Å². The van der Waals surface area contributed by atoms with Crippen LogP contribution in [0.25, 0.3) is 17.0 Å². The molecule has 0 bridgehead atoms. The van der Waals surface area contributed by atoms with Crippen molar-refractivity contribution in [1.82, 2.24) is 9.97 Å². The fourth-order valence-corrected chi connectivity index (χ4v) is 2.53. The van der Waals surface area contributed by atoms with Crippen molar-refractivity contribution in [3.05, 3.63) is 65.6 Å². The summed E-state index contributed by atoms with van der Waals surface area (Å²) in [5, 5.41) is 0.763. The van der Waals surface area contributed by atoms with Crippen LogP contribution in [0.15, 0.2) is 48.8 Å². The third-order valence-electron chi connectivity index (χ3n) is 3.80. The van der Waals surface area contributed by atoms with Crippen LogP contribution in [0.1, 0.15) is 26.4 Å². The van der Waals surface area contributed by atoms with E-state index in [1.807, 2.05) is 6.07 Å². The highest BCUT2D eigenvalue weighted by Gasteiger charge is 2.17. The number of pyridine rings is 1. The van der Waals surface area contributed by atoms with Crippen molar-refractivity contribution in [2.24, 2.45) is 0 Å². The summed E-state index contributed by atoms with van der Waals surface area (Å²) in [4.78, 5) is 31.3. The van der Waals surface area contributed by atoms with E-state index in [-0.39, 0.29) is 11.5 Å². The molecule has 2 heterocycles. The van der Waals surface area contributed by atoms with E-state index >= 15 is 0 Å².